The summed E-state index contributed by atoms with van der Waals surface area (Å²) in [5, 5.41) is 41.9. The first-order chi connectivity index (χ1) is 13.6. The van der Waals surface area contributed by atoms with Crippen molar-refractivity contribution in [2.24, 2.45) is 46.3 Å². The fourth-order valence-corrected chi connectivity index (χ4v) is 8.25. The normalized spacial score (nSPS) is 52.3. The van der Waals surface area contributed by atoms with Crippen molar-refractivity contribution in [3.05, 3.63) is 12.2 Å². The van der Waals surface area contributed by atoms with Crippen LogP contribution >= 0.6 is 0 Å². The highest BCUT2D eigenvalue weighted by Gasteiger charge is 2.65. The van der Waals surface area contributed by atoms with Crippen LogP contribution in [0.3, 0.4) is 0 Å². The first-order valence-corrected chi connectivity index (χ1v) is 11.5. The quantitative estimate of drug-likeness (QED) is 0.538. The molecule has 11 atom stereocenters. The standard InChI is InChI=1S/C24H38O5/c1-13(4-7-21(28)29)16-5-6-17-22-18(12-20(27)24(16,17)3)23(2)9-8-15(25)10-14(23)11-19(22)26/h8-9,13-20,22,25-27H,4-7,10-12H2,1-3H3,(H,28,29). The van der Waals surface area contributed by atoms with Crippen molar-refractivity contribution in [2.45, 2.75) is 84.0 Å². The van der Waals surface area contributed by atoms with Gasteiger partial charge in [-0.15, -0.1) is 0 Å². The molecule has 29 heavy (non-hydrogen) atoms. The molecule has 0 amide bonds. The number of carboxylic acid groups (broad SMARTS) is 1. The van der Waals surface area contributed by atoms with Gasteiger partial charge in [-0.1, -0.05) is 32.9 Å². The Balaban J connectivity index is 1.63. The molecule has 4 aliphatic carbocycles. The molecule has 4 N–H and O–H groups in total. The van der Waals surface area contributed by atoms with E-state index in [1.54, 1.807) is 0 Å². The zero-order valence-corrected chi connectivity index (χ0v) is 18.0. The van der Waals surface area contributed by atoms with Crippen molar-refractivity contribution in [3.8, 4) is 0 Å². The molecule has 0 aliphatic heterocycles. The smallest absolute Gasteiger partial charge is 0.303 e. The number of fused-ring (bicyclic) bond motifs is 5. The maximum atomic E-state index is 11.4. The molecule has 5 nitrogen and oxygen atoms in total. The molecule has 0 heterocycles. The van der Waals surface area contributed by atoms with Gasteiger partial charge in [0.1, 0.15) is 0 Å². The van der Waals surface area contributed by atoms with Crippen LogP contribution in [0.25, 0.3) is 0 Å². The molecule has 4 aliphatic rings. The summed E-state index contributed by atoms with van der Waals surface area (Å²) < 4.78 is 0. The number of aliphatic hydroxyl groups is 3. The van der Waals surface area contributed by atoms with Crippen LogP contribution in [0.1, 0.15) is 65.7 Å². The van der Waals surface area contributed by atoms with Crippen molar-refractivity contribution in [1.29, 1.82) is 0 Å². The minimum atomic E-state index is -0.756. The van der Waals surface area contributed by atoms with E-state index in [1.165, 1.54) is 0 Å². The molecule has 0 bridgehead atoms. The summed E-state index contributed by atoms with van der Waals surface area (Å²) in [6, 6.07) is 0. The molecular formula is C24H38O5. The molecule has 0 aromatic heterocycles. The Morgan fingerprint density at radius 2 is 1.83 bits per heavy atom. The third kappa shape index (κ3) is 3.19. The van der Waals surface area contributed by atoms with Crippen molar-refractivity contribution >= 4 is 5.97 Å². The molecule has 0 radical (unpaired) electrons. The lowest BCUT2D eigenvalue weighted by Crippen LogP contribution is -2.61. The molecule has 4 rings (SSSR count). The maximum Gasteiger partial charge on any atom is 0.303 e. The summed E-state index contributed by atoms with van der Waals surface area (Å²) in [6.07, 6.45) is 7.77. The Kier molecular flexibility index (Phi) is 5.40. The fourth-order valence-electron chi connectivity index (χ4n) is 8.25. The van der Waals surface area contributed by atoms with Gasteiger partial charge in [0.25, 0.3) is 0 Å². The molecule has 3 fully saturated rings. The predicted molar refractivity (Wildman–Crippen MR) is 110 cm³/mol. The molecule has 0 saturated heterocycles. The number of carboxylic acids is 1. The van der Waals surface area contributed by atoms with E-state index in [1.807, 2.05) is 6.08 Å². The van der Waals surface area contributed by atoms with E-state index in [4.69, 9.17) is 5.11 Å². The SMILES string of the molecule is CC(CCC(=O)O)C1CCC2C3C(O)CC4CC(O)C=CC4(C)C3CC(O)C12C. The summed E-state index contributed by atoms with van der Waals surface area (Å²) in [4.78, 5) is 11.1. The third-order valence-corrected chi connectivity index (χ3v) is 9.86. The van der Waals surface area contributed by atoms with E-state index < -0.39 is 18.2 Å². The van der Waals surface area contributed by atoms with Gasteiger partial charge in [0.2, 0.25) is 0 Å². The summed E-state index contributed by atoms with van der Waals surface area (Å²) in [5.41, 5.74) is -0.348. The van der Waals surface area contributed by atoms with E-state index in [0.29, 0.717) is 25.2 Å². The van der Waals surface area contributed by atoms with Crippen LogP contribution in [0.4, 0.5) is 0 Å². The van der Waals surface area contributed by atoms with Gasteiger partial charge in [-0.3, -0.25) is 4.79 Å². The van der Waals surface area contributed by atoms with Crippen molar-refractivity contribution in [1.82, 2.24) is 0 Å². The zero-order valence-electron chi connectivity index (χ0n) is 18.0. The average molecular weight is 407 g/mol. The molecule has 0 aromatic rings. The second-order valence-electron chi connectivity index (χ2n) is 11.0. The van der Waals surface area contributed by atoms with Gasteiger partial charge in [-0.25, -0.2) is 0 Å². The van der Waals surface area contributed by atoms with Gasteiger partial charge >= 0.3 is 5.97 Å². The topological polar surface area (TPSA) is 98.0 Å². The largest absolute Gasteiger partial charge is 0.481 e. The van der Waals surface area contributed by atoms with E-state index in [2.05, 4.69) is 26.8 Å². The Morgan fingerprint density at radius 3 is 2.52 bits per heavy atom. The summed E-state index contributed by atoms with van der Waals surface area (Å²) in [7, 11) is 0. The van der Waals surface area contributed by atoms with Crippen LogP contribution in [0.5, 0.6) is 0 Å². The van der Waals surface area contributed by atoms with Gasteiger partial charge in [0.05, 0.1) is 18.3 Å². The lowest BCUT2D eigenvalue weighted by Gasteiger charge is -2.62. The van der Waals surface area contributed by atoms with Crippen LogP contribution in [-0.4, -0.2) is 44.7 Å². The average Bonchev–Trinajstić information content (AvgIpc) is 3.01. The number of hydrogen-bond acceptors (Lipinski definition) is 4. The van der Waals surface area contributed by atoms with Crippen molar-refractivity contribution < 1.29 is 25.2 Å². The van der Waals surface area contributed by atoms with Gasteiger partial charge in [0, 0.05) is 6.42 Å². The Hall–Kier alpha value is -0.910. The number of allylic oxidation sites excluding steroid dienone is 1. The second-order valence-corrected chi connectivity index (χ2v) is 11.0. The van der Waals surface area contributed by atoms with Crippen molar-refractivity contribution in [3.63, 3.8) is 0 Å². The van der Waals surface area contributed by atoms with E-state index in [0.717, 1.165) is 19.3 Å². The van der Waals surface area contributed by atoms with E-state index >= 15 is 0 Å². The molecule has 11 unspecified atom stereocenters. The predicted octanol–water partition coefficient (Wildman–Crippen LogP) is 3.22. The highest BCUT2D eigenvalue weighted by molar-refractivity contribution is 5.66. The van der Waals surface area contributed by atoms with Crippen molar-refractivity contribution in [2.75, 3.05) is 0 Å². The summed E-state index contributed by atoms with van der Waals surface area (Å²) in [6.45, 7) is 6.61. The molecule has 0 aromatic carbocycles. The Bertz CT molecular complexity index is 676. The number of rotatable bonds is 4. The van der Waals surface area contributed by atoms with Gasteiger partial charge in [0.15, 0.2) is 0 Å². The lowest BCUT2D eigenvalue weighted by molar-refractivity contribution is -0.188. The number of aliphatic carboxylic acids is 1. The minimum Gasteiger partial charge on any atom is -0.481 e. The van der Waals surface area contributed by atoms with Crippen LogP contribution in [-0.2, 0) is 4.79 Å². The fraction of sp³-hybridized carbons (Fsp3) is 0.875. The highest BCUT2D eigenvalue weighted by Crippen LogP contribution is 2.67. The molecule has 0 spiro atoms. The highest BCUT2D eigenvalue weighted by atomic mass is 16.4. The number of carbonyl (C=O) groups is 1. The monoisotopic (exact) mass is 406 g/mol. The maximum absolute atomic E-state index is 11.4. The van der Waals surface area contributed by atoms with Gasteiger partial charge < -0.3 is 20.4 Å². The lowest BCUT2D eigenvalue weighted by atomic mass is 9.44. The van der Waals surface area contributed by atoms with E-state index in [-0.39, 0.29) is 52.9 Å². The molecule has 5 heteroatoms. The molecular weight excluding hydrogens is 368 g/mol. The molecule has 3 saturated carbocycles. The van der Waals surface area contributed by atoms with Crippen LogP contribution < -0.4 is 0 Å². The second kappa shape index (κ2) is 7.35. The zero-order chi connectivity index (χ0) is 21.1. The van der Waals surface area contributed by atoms with Crippen LogP contribution in [0.15, 0.2) is 12.2 Å². The third-order valence-electron chi connectivity index (χ3n) is 9.86. The minimum absolute atomic E-state index is 0.0849. The number of aliphatic hydroxyl groups excluding tert-OH is 3. The summed E-state index contributed by atoms with van der Waals surface area (Å²) in [5.74, 6) is 0.699. The molecule has 164 valence electrons. The number of hydrogen-bond donors (Lipinski definition) is 4. The van der Waals surface area contributed by atoms with Crippen LogP contribution in [0, 0.1) is 46.3 Å². The summed E-state index contributed by atoms with van der Waals surface area (Å²) >= 11 is 0. The van der Waals surface area contributed by atoms with Gasteiger partial charge in [-0.2, -0.15) is 0 Å². The van der Waals surface area contributed by atoms with Gasteiger partial charge in [-0.05, 0) is 84.9 Å². The first kappa shape index (κ1) is 21.3. The first-order valence-electron chi connectivity index (χ1n) is 11.5. The Morgan fingerprint density at radius 1 is 1.10 bits per heavy atom. The Labute approximate surface area is 174 Å². The van der Waals surface area contributed by atoms with Crippen LogP contribution in [0.2, 0.25) is 0 Å². The van der Waals surface area contributed by atoms with E-state index in [9.17, 15) is 20.1 Å².